The van der Waals surface area contributed by atoms with Gasteiger partial charge in [0.2, 0.25) is 21.8 Å². The fourth-order valence-electron chi connectivity index (χ4n) is 4.93. The van der Waals surface area contributed by atoms with Crippen molar-refractivity contribution in [1.29, 1.82) is 0 Å². The van der Waals surface area contributed by atoms with E-state index in [2.05, 4.69) is 0 Å². The summed E-state index contributed by atoms with van der Waals surface area (Å²) in [6.07, 6.45) is 3.53. The fourth-order valence-corrected chi connectivity index (χ4v) is 7.38. The molecule has 3 aliphatic heterocycles. The highest BCUT2D eigenvalue weighted by atomic mass is 32.2. The molecule has 33 heavy (non-hydrogen) atoms. The minimum absolute atomic E-state index is 0.00875. The van der Waals surface area contributed by atoms with E-state index in [0.29, 0.717) is 18.8 Å². The van der Waals surface area contributed by atoms with Crippen molar-refractivity contribution in [2.24, 2.45) is 0 Å². The number of amides is 2. The van der Waals surface area contributed by atoms with Gasteiger partial charge >= 0.3 is 0 Å². The largest absolute Gasteiger partial charge is 0.307 e. The van der Waals surface area contributed by atoms with Gasteiger partial charge in [-0.3, -0.25) is 9.59 Å². The Morgan fingerprint density at radius 2 is 1.82 bits per heavy atom. The molecule has 0 saturated carbocycles. The molecule has 1 atom stereocenters. The summed E-state index contributed by atoms with van der Waals surface area (Å²) in [5.74, 6) is -0.124. The van der Waals surface area contributed by atoms with Crippen LogP contribution in [0.5, 0.6) is 0 Å². The summed E-state index contributed by atoms with van der Waals surface area (Å²) in [6, 6.07) is 12.8. The van der Waals surface area contributed by atoms with Crippen LogP contribution in [0.4, 0.5) is 11.4 Å². The van der Waals surface area contributed by atoms with E-state index in [1.165, 1.54) is 21.0 Å². The molecule has 0 spiro atoms. The van der Waals surface area contributed by atoms with E-state index < -0.39 is 10.0 Å². The van der Waals surface area contributed by atoms with Crippen LogP contribution in [0.25, 0.3) is 0 Å². The molecule has 0 radical (unpaired) electrons. The van der Waals surface area contributed by atoms with E-state index in [4.69, 9.17) is 0 Å². The van der Waals surface area contributed by atoms with Gasteiger partial charge in [-0.15, -0.1) is 11.8 Å². The van der Waals surface area contributed by atoms with Crippen LogP contribution in [0.2, 0.25) is 0 Å². The van der Waals surface area contributed by atoms with Crippen molar-refractivity contribution < 1.29 is 18.0 Å². The Bertz CT molecular complexity index is 1210. The fraction of sp³-hybridized carbons (Fsp3) is 0.417. The van der Waals surface area contributed by atoms with Crippen molar-refractivity contribution in [2.45, 2.75) is 48.4 Å². The van der Waals surface area contributed by atoms with Crippen LogP contribution < -0.4 is 9.80 Å². The third-order valence-corrected chi connectivity index (χ3v) is 9.54. The first-order valence-corrected chi connectivity index (χ1v) is 13.8. The molecule has 1 fully saturated rings. The molecule has 2 aromatic rings. The predicted octanol–water partition coefficient (Wildman–Crippen LogP) is 3.28. The lowest BCUT2D eigenvalue weighted by Crippen LogP contribution is -2.47. The van der Waals surface area contributed by atoms with Gasteiger partial charge in [-0.2, -0.15) is 4.31 Å². The molecule has 0 aromatic heterocycles. The molecule has 0 N–H and O–H groups in total. The number of nitrogens with zero attached hydrogens (tertiary/aromatic N) is 3. The van der Waals surface area contributed by atoms with Gasteiger partial charge in [0.25, 0.3) is 0 Å². The number of carbonyl (C=O) groups excluding carboxylic acids is 2. The number of hydrogen-bond donors (Lipinski definition) is 0. The van der Waals surface area contributed by atoms with E-state index in [9.17, 15) is 18.0 Å². The lowest BCUT2D eigenvalue weighted by molar-refractivity contribution is -0.121. The summed E-state index contributed by atoms with van der Waals surface area (Å²) in [6.45, 7) is 2.92. The Morgan fingerprint density at radius 3 is 2.61 bits per heavy atom. The highest BCUT2D eigenvalue weighted by Gasteiger charge is 2.35. The lowest BCUT2D eigenvalue weighted by Gasteiger charge is -2.32. The van der Waals surface area contributed by atoms with Crippen LogP contribution in [0.3, 0.4) is 0 Å². The Labute approximate surface area is 198 Å². The molecule has 5 rings (SSSR count). The van der Waals surface area contributed by atoms with Gasteiger partial charge in [0, 0.05) is 29.7 Å². The Balaban J connectivity index is 1.45. The van der Waals surface area contributed by atoms with Gasteiger partial charge in [0.05, 0.1) is 16.3 Å². The molecule has 174 valence electrons. The Morgan fingerprint density at radius 1 is 1.06 bits per heavy atom. The molecule has 7 nitrogen and oxygen atoms in total. The SMILES string of the molecule is C[C@H]1Cc2ccccc2N1C(=O)CN1C(=O)CSc2ccc(S(=O)(=O)N3CCCCC3)cc21. The van der Waals surface area contributed by atoms with Gasteiger partial charge < -0.3 is 9.80 Å². The van der Waals surface area contributed by atoms with Gasteiger partial charge in [0.1, 0.15) is 6.54 Å². The lowest BCUT2D eigenvalue weighted by atomic mass is 10.1. The number of benzene rings is 2. The van der Waals surface area contributed by atoms with Crippen LogP contribution in [0.15, 0.2) is 52.3 Å². The van der Waals surface area contributed by atoms with Gasteiger partial charge in [-0.25, -0.2) is 8.42 Å². The average Bonchev–Trinajstić information content (AvgIpc) is 3.16. The number of sulfonamides is 1. The predicted molar refractivity (Wildman–Crippen MR) is 129 cm³/mol. The standard InChI is InChI=1S/C24H27N3O4S2/c1-17-13-18-7-3-4-8-20(18)27(17)23(28)15-26-21-14-19(9-10-22(21)32-16-24(26)29)33(30,31)25-11-5-2-6-12-25/h3-4,7-10,14,17H,2,5-6,11-13,15-16H2,1H3/t17-/m0/s1. The third-order valence-electron chi connectivity index (χ3n) is 6.60. The number of carbonyl (C=O) groups is 2. The molecule has 1 saturated heterocycles. The number of thioether (sulfide) groups is 1. The molecular formula is C24H27N3O4S2. The maximum Gasteiger partial charge on any atom is 0.247 e. The summed E-state index contributed by atoms with van der Waals surface area (Å²) >= 11 is 1.38. The molecule has 0 aliphatic carbocycles. The molecule has 0 bridgehead atoms. The zero-order valence-corrected chi connectivity index (χ0v) is 20.2. The molecule has 0 unspecified atom stereocenters. The van der Waals surface area contributed by atoms with Crippen molar-refractivity contribution in [3.05, 3.63) is 48.0 Å². The van der Waals surface area contributed by atoms with E-state index >= 15 is 0 Å². The number of piperidine rings is 1. The third kappa shape index (κ3) is 4.06. The topological polar surface area (TPSA) is 78.0 Å². The maximum absolute atomic E-state index is 13.4. The van der Waals surface area contributed by atoms with Crippen LogP contribution in [0.1, 0.15) is 31.7 Å². The van der Waals surface area contributed by atoms with Crippen LogP contribution in [-0.4, -0.2) is 56.0 Å². The average molecular weight is 486 g/mol. The number of fused-ring (bicyclic) bond motifs is 2. The van der Waals surface area contributed by atoms with Gasteiger partial charge in [-0.05, 0) is 56.0 Å². The summed E-state index contributed by atoms with van der Waals surface area (Å²) in [5.41, 5.74) is 2.51. The summed E-state index contributed by atoms with van der Waals surface area (Å²) in [5, 5.41) is 0. The summed E-state index contributed by atoms with van der Waals surface area (Å²) < 4.78 is 27.9. The van der Waals surface area contributed by atoms with Gasteiger partial charge in [-0.1, -0.05) is 24.6 Å². The number of anilines is 2. The smallest absolute Gasteiger partial charge is 0.247 e. The number of hydrogen-bond acceptors (Lipinski definition) is 5. The zero-order valence-electron chi connectivity index (χ0n) is 18.6. The first kappa shape index (κ1) is 22.4. The molecular weight excluding hydrogens is 458 g/mol. The summed E-state index contributed by atoms with van der Waals surface area (Å²) in [4.78, 5) is 30.5. The second-order valence-corrected chi connectivity index (χ2v) is 11.8. The van der Waals surface area contributed by atoms with Crippen molar-refractivity contribution in [1.82, 2.24) is 4.31 Å². The van der Waals surface area contributed by atoms with E-state index in [-0.39, 0.29) is 35.0 Å². The van der Waals surface area contributed by atoms with Crippen LogP contribution in [0, 0.1) is 0 Å². The first-order chi connectivity index (χ1) is 15.9. The maximum atomic E-state index is 13.4. The van der Waals surface area contributed by atoms with Crippen LogP contribution in [-0.2, 0) is 26.0 Å². The first-order valence-electron chi connectivity index (χ1n) is 11.3. The highest BCUT2D eigenvalue weighted by molar-refractivity contribution is 8.00. The zero-order chi connectivity index (χ0) is 23.2. The quantitative estimate of drug-likeness (QED) is 0.664. The minimum atomic E-state index is -3.64. The molecule has 2 aromatic carbocycles. The van der Waals surface area contributed by atoms with Crippen molar-refractivity contribution in [3.8, 4) is 0 Å². The van der Waals surface area contributed by atoms with Crippen molar-refractivity contribution in [3.63, 3.8) is 0 Å². The Kier molecular flexibility index (Phi) is 5.96. The number of para-hydroxylation sites is 1. The van der Waals surface area contributed by atoms with Crippen molar-refractivity contribution in [2.75, 3.05) is 35.2 Å². The van der Waals surface area contributed by atoms with Crippen LogP contribution >= 0.6 is 11.8 Å². The van der Waals surface area contributed by atoms with E-state index in [1.807, 2.05) is 31.2 Å². The minimum Gasteiger partial charge on any atom is -0.307 e. The second kappa shape index (κ2) is 8.77. The second-order valence-electron chi connectivity index (χ2n) is 8.81. The van der Waals surface area contributed by atoms with E-state index in [1.54, 1.807) is 23.1 Å². The Hall–Kier alpha value is -2.36. The molecule has 9 heteroatoms. The molecule has 3 aliphatic rings. The molecule has 3 heterocycles. The molecule has 2 amide bonds. The normalized spacial score (nSPS) is 21.1. The monoisotopic (exact) mass is 485 g/mol. The highest BCUT2D eigenvalue weighted by Crippen LogP contribution is 2.38. The van der Waals surface area contributed by atoms with Crippen molar-refractivity contribution >= 4 is 45.0 Å². The van der Waals surface area contributed by atoms with E-state index in [0.717, 1.165) is 41.8 Å². The summed E-state index contributed by atoms with van der Waals surface area (Å²) in [7, 11) is -3.64. The number of rotatable bonds is 4. The van der Waals surface area contributed by atoms with Gasteiger partial charge in [0.15, 0.2) is 0 Å².